The number of carbonyl (C=O) groups excluding carboxylic acids is 2. The van der Waals surface area contributed by atoms with Gasteiger partial charge in [-0.15, -0.1) is 22.7 Å². The van der Waals surface area contributed by atoms with Gasteiger partial charge in [0.15, 0.2) is 0 Å². The Kier molecular flexibility index (Phi) is 6.96. The van der Waals surface area contributed by atoms with Gasteiger partial charge in [-0.05, 0) is 37.0 Å². The maximum absolute atomic E-state index is 12.4. The smallest absolute Gasteiger partial charge is 0.222 e. The third-order valence-electron chi connectivity index (χ3n) is 3.64. The van der Waals surface area contributed by atoms with Crippen LogP contribution in [0.1, 0.15) is 35.2 Å². The molecule has 24 heavy (non-hydrogen) atoms. The van der Waals surface area contributed by atoms with Crippen molar-refractivity contribution in [3.05, 3.63) is 44.8 Å². The van der Waals surface area contributed by atoms with Gasteiger partial charge in [-0.2, -0.15) is 0 Å². The average Bonchev–Trinajstić information content (AvgIpc) is 3.19. The Bertz CT molecular complexity index is 639. The molecule has 2 heterocycles. The Balaban J connectivity index is 1.94. The SMILES string of the molecule is CC(=O)N[C@H](CC(=O)NC[C@H](c1cccs1)N(C)C)c1cccs1. The van der Waals surface area contributed by atoms with Crippen LogP contribution in [0.4, 0.5) is 0 Å². The molecule has 130 valence electrons. The summed E-state index contributed by atoms with van der Waals surface area (Å²) in [7, 11) is 4.00. The summed E-state index contributed by atoms with van der Waals surface area (Å²) in [6.45, 7) is 2.01. The first-order chi connectivity index (χ1) is 11.5. The van der Waals surface area contributed by atoms with Crippen molar-refractivity contribution in [3.8, 4) is 0 Å². The van der Waals surface area contributed by atoms with E-state index in [1.54, 1.807) is 22.7 Å². The summed E-state index contributed by atoms with van der Waals surface area (Å²) < 4.78 is 0. The monoisotopic (exact) mass is 365 g/mol. The fourth-order valence-corrected chi connectivity index (χ4v) is 4.14. The van der Waals surface area contributed by atoms with Gasteiger partial charge in [0.1, 0.15) is 0 Å². The van der Waals surface area contributed by atoms with Crippen molar-refractivity contribution >= 4 is 34.5 Å². The summed E-state index contributed by atoms with van der Waals surface area (Å²) >= 11 is 3.22. The van der Waals surface area contributed by atoms with Gasteiger partial charge in [0.05, 0.1) is 18.5 Å². The molecule has 0 aromatic carbocycles. The molecular weight excluding hydrogens is 342 g/mol. The van der Waals surface area contributed by atoms with E-state index in [-0.39, 0.29) is 30.3 Å². The zero-order valence-electron chi connectivity index (χ0n) is 14.1. The van der Waals surface area contributed by atoms with Crippen LogP contribution in [0, 0.1) is 0 Å². The first-order valence-electron chi connectivity index (χ1n) is 7.74. The Morgan fingerprint density at radius 3 is 2.25 bits per heavy atom. The van der Waals surface area contributed by atoms with Crippen LogP contribution in [0.3, 0.4) is 0 Å². The Morgan fingerprint density at radius 1 is 1.12 bits per heavy atom. The zero-order valence-corrected chi connectivity index (χ0v) is 15.7. The molecule has 0 bridgehead atoms. The van der Waals surface area contributed by atoms with Crippen LogP contribution in [-0.4, -0.2) is 37.4 Å². The molecular formula is C17H23N3O2S2. The van der Waals surface area contributed by atoms with Crippen LogP contribution in [0.15, 0.2) is 35.0 Å². The molecule has 7 heteroatoms. The molecule has 0 aliphatic rings. The van der Waals surface area contributed by atoms with Crippen LogP contribution in [0.2, 0.25) is 0 Å². The molecule has 0 aliphatic carbocycles. The number of hydrogen-bond donors (Lipinski definition) is 2. The highest BCUT2D eigenvalue weighted by atomic mass is 32.1. The Hall–Kier alpha value is -1.70. The molecule has 0 aliphatic heterocycles. The minimum atomic E-state index is -0.276. The highest BCUT2D eigenvalue weighted by Gasteiger charge is 2.20. The van der Waals surface area contributed by atoms with E-state index < -0.39 is 0 Å². The molecule has 2 rings (SSSR count). The highest BCUT2D eigenvalue weighted by molar-refractivity contribution is 7.10. The normalized spacial score (nSPS) is 13.5. The standard InChI is InChI=1S/C17H23N3O2S2/c1-12(21)19-13(15-6-4-8-23-15)10-17(22)18-11-14(20(2)3)16-7-5-9-24-16/h4-9,13-14H,10-11H2,1-3H3,(H,18,22)(H,19,21)/t13-,14-/m1/s1. The minimum Gasteiger partial charge on any atom is -0.354 e. The van der Waals surface area contributed by atoms with Crippen molar-refractivity contribution in [1.82, 2.24) is 15.5 Å². The molecule has 0 radical (unpaired) electrons. The fraction of sp³-hybridized carbons (Fsp3) is 0.412. The maximum atomic E-state index is 12.4. The molecule has 0 unspecified atom stereocenters. The summed E-state index contributed by atoms with van der Waals surface area (Å²) in [5, 5.41) is 9.84. The van der Waals surface area contributed by atoms with Crippen molar-refractivity contribution in [2.75, 3.05) is 20.6 Å². The second-order valence-corrected chi connectivity index (χ2v) is 7.73. The quantitative estimate of drug-likeness (QED) is 0.756. The predicted octanol–water partition coefficient (Wildman–Crippen LogP) is 2.80. The maximum Gasteiger partial charge on any atom is 0.222 e. The van der Waals surface area contributed by atoms with Crippen LogP contribution >= 0.6 is 22.7 Å². The number of carbonyl (C=O) groups is 2. The van der Waals surface area contributed by atoms with E-state index in [1.165, 1.54) is 11.8 Å². The van der Waals surface area contributed by atoms with Gasteiger partial charge in [0, 0.05) is 23.2 Å². The topological polar surface area (TPSA) is 61.4 Å². The number of amides is 2. The van der Waals surface area contributed by atoms with E-state index in [4.69, 9.17) is 0 Å². The number of nitrogens with one attached hydrogen (secondary N) is 2. The Morgan fingerprint density at radius 2 is 1.75 bits per heavy atom. The van der Waals surface area contributed by atoms with Crippen molar-refractivity contribution in [1.29, 1.82) is 0 Å². The molecule has 2 atom stereocenters. The van der Waals surface area contributed by atoms with Gasteiger partial charge < -0.3 is 15.5 Å². The molecule has 2 aromatic rings. The first-order valence-corrected chi connectivity index (χ1v) is 9.50. The van der Waals surface area contributed by atoms with Crippen molar-refractivity contribution in [3.63, 3.8) is 0 Å². The number of likely N-dealkylation sites (N-methyl/N-ethyl adjacent to an activating group) is 1. The summed E-state index contributed by atoms with van der Waals surface area (Å²) in [4.78, 5) is 28.1. The van der Waals surface area contributed by atoms with E-state index in [0.717, 1.165) is 4.88 Å². The molecule has 2 amide bonds. The van der Waals surface area contributed by atoms with E-state index in [9.17, 15) is 9.59 Å². The predicted molar refractivity (Wildman–Crippen MR) is 99.3 cm³/mol. The average molecular weight is 366 g/mol. The third kappa shape index (κ3) is 5.43. The largest absolute Gasteiger partial charge is 0.354 e. The molecule has 2 N–H and O–H groups in total. The molecule has 0 saturated heterocycles. The third-order valence-corrected chi connectivity index (χ3v) is 5.60. The van der Waals surface area contributed by atoms with Crippen LogP contribution in [-0.2, 0) is 9.59 Å². The van der Waals surface area contributed by atoms with Crippen molar-refractivity contribution < 1.29 is 9.59 Å². The van der Waals surface area contributed by atoms with Crippen LogP contribution in [0.5, 0.6) is 0 Å². The molecule has 0 saturated carbocycles. The molecule has 2 aromatic heterocycles. The number of thiophene rings is 2. The summed E-state index contributed by atoms with van der Waals surface area (Å²) in [6, 6.07) is 7.82. The Labute approximate surface area is 150 Å². The van der Waals surface area contributed by atoms with E-state index in [0.29, 0.717) is 6.54 Å². The molecule has 0 spiro atoms. The number of rotatable bonds is 8. The van der Waals surface area contributed by atoms with Crippen molar-refractivity contribution in [2.24, 2.45) is 0 Å². The number of hydrogen-bond acceptors (Lipinski definition) is 5. The van der Waals surface area contributed by atoms with Crippen molar-refractivity contribution in [2.45, 2.75) is 25.4 Å². The van der Waals surface area contributed by atoms with E-state index in [2.05, 4.69) is 21.6 Å². The van der Waals surface area contributed by atoms with Gasteiger partial charge in [-0.1, -0.05) is 12.1 Å². The van der Waals surface area contributed by atoms with E-state index >= 15 is 0 Å². The summed E-state index contributed by atoms with van der Waals surface area (Å²) in [6.07, 6.45) is 0.241. The van der Waals surface area contributed by atoms with Gasteiger partial charge >= 0.3 is 0 Å². The van der Waals surface area contributed by atoms with Gasteiger partial charge in [0.2, 0.25) is 11.8 Å². The van der Waals surface area contributed by atoms with Crippen LogP contribution < -0.4 is 10.6 Å². The van der Waals surface area contributed by atoms with Crippen LogP contribution in [0.25, 0.3) is 0 Å². The highest BCUT2D eigenvalue weighted by Crippen LogP contribution is 2.24. The first kappa shape index (κ1) is 18.6. The second-order valence-electron chi connectivity index (χ2n) is 5.77. The lowest BCUT2D eigenvalue weighted by Crippen LogP contribution is -2.36. The lowest BCUT2D eigenvalue weighted by Gasteiger charge is -2.24. The zero-order chi connectivity index (χ0) is 17.5. The van der Waals surface area contributed by atoms with E-state index in [1.807, 2.05) is 43.1 Å². The van der Waals surface area contributed by atoms with Gasteiger partial charge in [0.25, 0.3) is 0 Å². The summed E-state index contributed by atoms with van der Waals surface area (Å²) in [5.41, 5.74) is 0. The molecule has 5 nitrogen and oxygen atoms in total. The number of nitrogens with zero attached hydrogens (tertiary/aromatic N) is 1. The minimum absolute atomic E-state index is 0.0643. The fourth-order valence-electron chi connectivity index (χ4n) is 2.44. The van der Waals surface area contributed by atoms with Gasteiger partial charge in [-0.3, -0.25) is 9.59 Å². The van der Waals surface area contributed by atoms with Gasteiger partial charge in [-0.25, -0.2) is 0 Å². The summed E-state index contributed by atoms with van der Waals surface area (Å²) in [5.74, 6) is -0.198. The molecule has 0 fully saturated rings. The second kappa shape index (κ2) is 8.96. The lowest BCUT2D eigenvalue weighted by atomic mass is 10.1. The lowest BCUT2D eigenvalue weighted by molar-refractivity contribution is -0.122.